The molecule has 1 heterocycles. The molecular formula is C20H24N2O2. The molecule has 0 aromatic heterocycles. The Kier molecular flexibility index (Phi) is 5.85. The lowest BCUT2D eigenvalue weighted by atomic mass is 10.0. The lowest BCUT2D eigenvalue weighted by molar-refractivity contribution is 0.0670. The van der Waals surface area contributed by atoms with Crippen LogP contribution in [-0.2, 0) is 11.3 Å². The summed E-state index contributed by atoms with van der Waals surface area (Å²) < 4.78 is 5.38. The number of carbonyl (C=O) groups is 1. The minimum atomic E-state index is -0.0449. The van der Waals surface area contributed by atoms with Crippen LogP contribution in [0.2, 0.25) is 0 Å². The number of ether oxygens (including phenoxy) is 1. The van der Waals surface area contributed by atoms with Gasteiger partial charge in [-0.3, -0.25) is 4.90 Å². The van der Waals surface area contributed by atoms with Crippen molar-refractivity contribution in [2.24, 2.45) is 5.92 Å². The first-order chi connectivity index (χ1) is 11.8. The van der Waals surface area contributed by atoms with Crippen LogP contribution < -0.4 is 10.2 Å². The molecule has 24 heavy (non-hydrogen) atoms. The maximum Gasteiger partial charge on any atom is 0.322 e. The molecule has 1 aliphatic heterocycles. The Hall–Kier alpha value is -2.33. The Balaban J connectivity index is 1.67. The molecule has 2 aromatic rings. The smallest absolute Gasteiger partial charge is 0.322 e. The van der Waals surface area contributed by atoms with Gasteiger partial charge in [0.25, 0.3) is 0 Å². The number of carbonyl (C=O) groups excluding carboxylic acids is 1. The topological polar surface area (TPSA) is 41.6 Å². The fraction of sp³-hybridized carbons (Fsp3) is 0.350. The van der Waals surface area contributed by atoms with Gasteiger partial charge in [0.05, 0.1) is 6.54 Å². The van der Waals surface area contributed by atoms with E-state index in [1.165, 1.54) is 0 Å². The molecular weight excluding hydrogens is 300 g/mol. The quantitative estimate of drug-likeness (QED) is 0.908. The van der Waals surface area contributed by atoms with E-state index in [4.69, 9.17) is 4.74 Å². The largest absolute Gasteiger partial charge is 0.381 e. The van der Waals surface area contributed by atoms with Gasteiger partial charge in [0.2, 0.25) is 0 Å². The van der Waals surface area contributed by atoms with E-state index >= 15 is 0 Å². The molecule has 0 bridgehead atoms. The molecule has 1 aliphatic rings. The average molecular weight is 324 g/mol. The van der Waals surface area contributed by atoms with Gasteiger partial charge >= 0.3 is 6.03 Å². The maximum absolute atomic E-state index is 12.8. The minimum Gasteiger partial charge on any atom is -0.381 e. The van der Waals surface area contributed by atoms with Gasteiger partial charge < -0.3 is 10.1 Å². The van der Waals surface area contributed by atoms with Crippen LogP contribution in [0.25, 0.3) is 0 Å². The number of anilines is 1. The van der Waals surface area contributed by atoms with Gasteiger partial charge in [-0.15, -0.1) is 0 Å². The van der Waals surface area contributed by atoms with Crippen molar-refractivity contribution in [1.82, 2.24) is 5.32 Å². The van der Waals surface area contributed by atoms with Crippen LogP contribution >= 0.6 is 0 Å². The molecule has 1 fully saturated rings. The first-order valence-corrected chi connectivity index (χ1v) is 8.55. The number of amides is 2. The van der Waals surface area contributed by atoms with E-state index in [1.807, 2.05) is 60.7 Å². The van der Waals surface area contributed by atoms with Crippen molar-refractivity contribution in [2.75, 3.05) is 24.7 Å². The normalized spacial score (nSPS) is 15.0. The zero-order valence-corrected chi connectivity index (χ0v) is 13.9. The second-order valence-electron chi connectivity index (χ2n) is 6.15. The third-order valence-electron chi connectivity index (χ3n) is 4.38. The molecule has 2 aromatic carbocycles. The molecule has 0 radical (unpaired) electrons. The molecule has 1 N–H and O–H groups in total. The van der Waals surface area contributed by atoms with Crippen LogP contribution in [0, 0.1) is 5.92 Å². The Morgan fingerprint density at radius 2 is 1.62 bits per heavy atom. The standard InChI is InChI=1S/C20H24N2O2/c23-20(21-15-17-11-13-24-14-12-17)22(19-9-5-2-6-10-19)16-18-7-3-1-4-8-18/h1-10,17H,11-16H2,(H,21,23). The monoisotopic (exact) mass is 324 g/mol. The highest BCUT2D eigenvalue weighted by Gasteiger charge is 2.19. The number of nitrogens with one attached hydrogen (secondary N) is 1. The first kappa shape index (κ1) is 16.5. The highest BCUT2D eigenvalue weighted by molar-refractivity contribution is 5.91. The van der Waals surface area contributed by atoms with Gasteiger partial charge in [-0.2, -0.15) is 0 Å². The Morgan fingerprint density at radius 3 is 2.29 bits per heavy atom. The number of benzene rings is 2. The summed E-state index contributed by atoms with van der Waals surface area (Å²) in [5.41, 5.74) is 2.02. The van der Waals surface area contributed by atoms with Crippen LogP contribution in [0.3, 0.4) is 0 Å². The van der Waals surface area contributed by atoms with Crippen LogP contribution in [0.15, 0.2) is 60.7 Å². The summed E-state index contributed by atoms with van der Waals surface area (Å²) in [4.78, 5) is 14.6. The van der Waals surface area contributed by atoms with Crippen molar-refractivity contribution in [3.8, 4) is 0 Å². The molecule has 0 aliphatic carbocycles. The van der Waals surface area contributed by atoms with Gasteiger partial charge in [0.1, 0.15) is 0 Å². The zero-order valence-electron chi connectivity index (χ0n) is 13.9. The molecule has 126 valence electrons. The van der Waals surface area contributed by atoms with Crippen molar-refractivity contribution >= 4 is 11.7 Å². The summed E-state index contributed by atoms with van der Waals surface area (Å²) >= 11 is 0. The third kappa shape index (κ3) is 4.59. The van der Waals surface area contributed by atoms with Crippen LogP contribution in [0.1, 0.15) is 18.4 Å². The first-order valence-electron chi connectivity index (χ1n) is 8.55. The van der Waals surface area contributed by atoms with E-state index in [-0.39, 0.29) is 6.03 Å². The molecule has 3 rings (SSSR count). The summed E-state index contributed by atoms with van der Waals surface area (Å²) in [7, 11) is 0. The van der Waals surface area contributed by atoms with Crippen molar-refractivity contribution in [2.45, 2.75) is 19.4 Å². The summed E-state index contributed by atoms with van der Waals surface area (Å²) in [5.74, 6) is 0.511. The van der Waals surface area contributed by atoms with Gasteiger partial charge in [-0.05, 0) is 36.5 Å². The molecule has 4 heteroatoms. The highest BCUT2D eigenvalue weighted by atomic mass is 16.5. The number of para-hydroxylation sites is 1. The van der Waals surface area contributed by atoms with Crippen molar-refractivity contribution < 1.29 is 9.53 Å². The number of nitrogens with zero attached hydrogens (tertiary/aromatic N) is 1. The van der Waals surface area contributed by atoms with Crippen LogP contribution in [0.4, 0.5) is 10.5 Å². The van der Waals surface area contributed by atoms with Crippen molar-refractivity contribution in [3.63, 3.8) is 0 Å². The highest BCUT2D eigenvalue weighted by Crippen LogP contribution is 2.18. The van der Waals surface area contributed by atoms with Gasteiger partial charge in [0, 0.05) is 25.4 Å². The van der Waals surface area contributed by atoms with Crippen molar-refractivity contribution in [3.05, 3.63) is 66.2 Å². The zero-order chi connectivity index (χ0) is 16.6. The number of hydrogen-bond acceptors (Lipinski definition) is 2. The molecule has 0 atom stereocenters. The van der Waals surface area contributed by atoms with E-state index in [2.05, 4.69) is 5.32 Å². The molecule has 2 amide bonds. The Morgan fingerprint density at radius 1 is 1.00 bits per heavy atom. The van der Waals surface area contributed by atoms with E-state index in [0.717, 1.165) is 37.3 Å². The van der Waals surface area contributed by atoms with E-state index < -0.39 is 0 Å². The third-order valence-corrected chi connectivity index (χ3v) is 4.38. The molecule has 4 nitrogen and oxygen atoms in total. The number of urea groups is 1. The van der Waals surface area contributed by atoms with Crippen molar-refractivity contribution in [1.29, 1.82) is 0 Å². The molecule has 0 unspecified atom stereocenters. The minimum absolute atomic E-state index is 0.0449. The summed E-state index contributed by atoms with van der Waals surface area (Å²) in [6.45, 7) is 2.87. The lowest BCUT2D eigenvalue weighted by Gasteiger charge is -2.26. The van der Waals surface area contributed by atoms with Gasteiger partial charge in [0.15, 0.2) is 0 Å². The number of rotatable bonds is 5. The summed E-state index contributed by atoms with van der Waals surface area (Å²) in [5, 5.41) is 3.10. The Bertz CT molecular complexity index is 625. The fourth-order valence-electron chi connectivity index (χ4n) is 2.93. The van der Waals surface area contributed by atoms with Crippen LogP contribution in [-0.4, -0.2) is 25.8 Å². The predicted molar refractivity (Wildman–Crippen MR) is 96.0 cm³/mol. The Labute approximate surface area is 143 Å². The second-order valence-corrected chi connectivity index (χ2v) is 6.15. The SMILES string of the molecule is O=C(NCC1CCOCC1)N(Cc1ccccc1)c1ccccc1. The second kappa shape index (κ2) is 8.50. The predicted octanol–water partition coefficient (Wildman–Crippen LogP) is 3.83. The average Bonchev–Trinajstić information content (AvgIpc) is 2.66. The maximum atomic E-state index is 12.8. The molecule has 1 saturated heterocycles. The molecule has 0 spiro atoms. The fourth-order valence-corrected chi connectivity index (χ4v) is 2.93. The van der Waals surface area contributed by atoms with Gasteiger partial charge in [-0.1, -0.05) is 48.5 Å². The lowest BCUT2D eigenvalue weighted by Crippen LogP contribution is -2.42. The summed E-state index contributed by atoms with van der Waals surface area (Å²) in [6, 6.07) is 19.8. The van der Waals surface area contributed by atoms with Crippen LogP contribution in [0.5, 0.6) is 0 Å². The summed E-state index contributed by atoms with van der Waals surface area (Å²) in [6.07, 6.45) is 2.04. The van der Waals surface area contributed by atoms with E-state index in [1.54, 1.807) is 4.90 Å². The molecule has 0 saturated carbocycles. The van der Waals surface area contributed by atoms with E-state index in [9.17, 15) is 4.79 Å². The number of hydrogen-bond donors (Lipinski definition) is 1. The van der Waals surface area contributed by atoms with E-state index in [0.29, 0.717) is 19.0 Å². The van der Waals surface area contributed by atoms with Gasteiger partial charge in [-0.25, -0.2) is 4.79 Å².